The standard InChI is InChI=1S/C13H8F6N2/c14-8-4-7(5-9(15)12(8)16)21-11-2-1-6(3-10(11)20)13(17,18)19/h1-5,21H,20H2. The molecule has 0 radical (unpaired) electrons. The number of hydrogen-bond donors (Lipinski definition) is 2. The average Bonchev–Trinajstić information content (AvgIpc) is 2.37. The first kappa shape index (κ1) is 15.0. The van der Waals surface area contributed by atoms with Gasteiger partial charge in [-0.1, -0.05) is 0 Å². The Hall–Kier alpha value is -2.38. The Bertz CT molecular complexity index is 658. The van der Waals surface area contributed by atoms with Crippen LogP contribution in [0.15, 0.2) is 30.3 Å². The van der Waals surface area contributed by atoms with Crippen molar-refractivity contribution >= 4 is 17.1 Å². The van der Waals surface area contributed by atoms with Crippen molar-refractivity contribution in [2.45, 2.75) is 6.18 Å². The molecular weight excluding hydrogens is 298 g/mol. The molecular formula is C13H8F6N2. The molecule has 0 aliphatic heterocycles. The van der Waals surface area contributed by atoms with Crippen LogP contribution in [-0.2, 0) is 6.18 Å². The van der Waals surface area contributed by atoms with Gasteiger partial charge in [0.2, 0.25) is 0 Å². The van der Waals surface area contributed by atoms with Crippen LogP contribution in [0.5, 0.6) is 0 Å². The molecule has 2 nitrogen and oxygen atoms in total. The lowest BCUT2D eigenvalue weighted by Crippen LogP contribution is -2.07. The molecule has 0 amide bonds. The minimum absolute atomic E-state index is 0.00779. The van der Waals surface area contributed by atoms with Crippen LogP contribution in [0, 0.1) is 17.5 Å². The molecule has 2 aromatic rings. The number of alkyl halides is 3. The summed E-state index contributed by atoms with van der Waals surface area (Å²) in [6, 6.07) is 3.77. The van der Waals surface area contributed by atoms with E-state index in [-0.39, 0.29) is 17.1 Å². The van der Waals surface area contributed by atoms with E-state index in [2.05, 4.69) is 5.32 Å². The van der Waals surface area contributed by atoms with Crippen LogP contribution in [0.3, 0.4) is 0 Å². The van der Waals surface area contributed by atoms with Crippen molar-refractivity contribution in [2.75, 3.05) is 11.1 Å². The zero-order valence-corrected chi connectivity index (χ0v) is 10.2. The third-order valence-corrected chi connectivity index (χ3v) is 2.64. The second-order valence-electron chi connectivity index (χ2n) is 4.18. The Labute approximate surface area is 115 Å². The lowest BCUT2D eigenvalue weighted by Gasteiger charge is -2.13. The first-order valence-electron chi connectivity index (χ1n) is 5.57. The van der Waals surface area contributed by atoms with E-state index >= 15 is 0 Å². The highest BCUT2D eigenvalue weighted by molar-refractivity contribution is 5.73. The van der Waals surface area contributed by atoms with E-state index in [0.29, 0.717) is 18.2 Å². The molecule has 2 aromatic carbocycles. The number of nitrogens with one attached hydrogen (secondary N) is 1. The van der Waals surface area contributed by atoms with E-state index in [0.717, 1.165) is 12.1 Å². The fraction of sp³-hybridized carbons (Fsp3) is 0.0769. The predicted octanol–water partition coefficient (Wildman–Crippen LogP) is 4.45. The third-order valence-electron chi connectivity index (χ3n) is 2.64. The maximum absolute atomic E-state index is 13.0. The molecule has 0 saturated heterocycles. The molecule has 3 N–H and O–H groups in total. The van der Waals surface area contributed by atoms with E-state index in [9.17, 15) is 26.3 Å². The highest BCUT2D eigenvalue weighted by Gasteiger charge is 2.30. The van der Waals surface area contributed by atoms with Crippen LogP contribution in [0.25, 0.3) is 0 Å². The summed E-state index contributed by atoms with van der Waals surface area (Å²) in [5, 5.41) is 2.42. The van der Waals surface area contributed by atoms with E-state index in [1.165, 1.54) is 0 Å². The Kier molecular flexibility index (Phi) is 3.71. The van der Waals surface area contributed by atoms with Gasteiger partial charge in [0.15, 0.2) is 17.5 Å². The first-order valence-corrected chi connectivity index (χ1v) is 5.57. The molecule has 0 bridgehead atoms. The number of nitrogen functional groups attached to an aromatic ring is 1. The maximum Gasteiger partial charge on any atom is 0.416 e. The monoisotopic (exact) mass is 306 g/mol. The van der Waals surface area contributed by atoms with E-state index in [1.807, 2.05) is 0 Å². The van der Waals surface area contributed by atoms with Crippen LogP contribution in [-0.4, -0.2) is 0 Å². The van der Waals surface area contributed by atoms with Gasteiger partial charge in [0.25, 0.3) is 0 Å². The molecule has 0 heterocycles. The van der Waals surface area contributed by atoms with Crippen LogP contribution < -0.4 is 11.1 Å². The average molecular weight is 306 g/mol. The maximum atomic E-state index is 13.0. The Morgan fingerprint density at radius 1 is 0.905 bits per heavy atom. The van der Waals surface area contributed by atoms with Crippen molar-refractivity contribution in [3.63, 3.8) is 0 Å². The Morgan fingerprint density at radius 3 is 1.95 bits per heavy atom. The topological polar surface area (TPSA) is 38.0 Å². The van der Waals surface area contributed by atoms with Crippen LogP contribution in [0.2, 0.25) is 0 Å². The van der Waals surface area contributed by atoms with Gasteiger partial charge in [-0.25, -0.2) is 13.2 Å². The summed E-state index contributed by atoms with van der Waals surface area (Å²) in [4.78, 5) is 0. The lowest BCUT2D eigenvalue weighted by atomic mass is 10.1. The SMILES string of the molecule is Nc1cc(C(F)(F)F)ccc1Nc1cc(F)c(F)c(F)c1. The van der Waals surface area contributed by atoms with Crippen LogP contribution >= 0.6 is 0 Å². The molecule has 0 aliphatic carbocycles. The molecule has 0 saturated carbocycles. The van der Waals surface area contributed by atoms with Crippen LogP contribution in [0.4, 0.5) is 43.4 Å². The fourth-order valence-electron chi connectivity index (χ4n) is 1.64. The smallest absolute Gasteiger partial charge is 0.397 e. The van der Waals surface area contributed by atoms with Crippen molar-refractivity contribution in [1.82, 2.24) is 0 Å². The second kappa shape index (κ2) is 5.19. The quantitative estimate of drug-likeness (QED) is 0.489. The number of halogens is 6. The molecule has 8 heteroatoms. The number of benzene rings is 2. The summed E-state index contributed by atoms with van der Waals surface area (Å²) in [6.45, 7) is 0. The van der Waals surface area contributed by atoms with Gasteiger partial charge in [-0.2, -0.15) is 13.2 Å². The largest absolute Gasteiger partial charge is 0.416 e. The Balaban J connectivity index is 2.32. The molecule has 0 spiro atoms. The van der Waals surface area contributed by atoms with E-state index in [4.69, 9.17) is 5.73 Å². The summed E-state index contributed by atoms with van der Waals surface area (Å²) < 4.78 is 76.2. The molecule has 0 unspecified atom stereocenters. The summed E-state index contributed by atoms with van der Waals surface area (Å²) >= 11 is 0. The number of nitrogens with two attached hydrogens (primary N) is 1. The van der Waals surface area contributed by atoms with E-state index in [1.54, 1.807) is 0 Å². The minimum atomic E-state index is -4.55. The van der Waals surface area contributed by atoms with Gasteiger partial charge in [0.1, 0.15) is 0 Å². The molecule has 2 rings (SSSR count). The first-order chi connectivity index (χ1) is 9.68. The molecule has 0 atom stereocenters. The van der Waals surface area contributed by atoms with Crippen LogP contribution in [0.1, 0.15) is 5.56 Å². The minimum Gasteiger partial charge on any atom is -0.397 e. The highest BCUT2D eigenvalue weighted by Crippen LogP contribution is 2.34. The number of hydrogen-bond acceptors (Lipinski definition) is 2. The normalized spacial score (nSPS) is 11.5. The highest BCUT2D eigenvalue weighted by atomic mass is 19.4. The van der Waals surface area contributed by atoms with Crippen molar-refractivity contribution in [3.8, 4) is 0 Å². The Morgan fingerprint density at radius 2 is 1.48 bits per heavy atom. The number of anilines is 3. The summed E-state index contributed by atoms with van der Waals surface area (Å²) in [5.74, 6) is -4.49. The predicted molar refractivity (Wildman–Crippen MR) is 65.5 cm³/mol. The zero-order chi connectivity index (χ0) is 15.8. The summed E-state index contributed by atoms with van der Waals surface area (Å²) in [7, 11) is 0. The summed E-state index contributed by atoms with van der Waals surface area (Å²) in [6.07, 6.45) is -4.55. The fourth-order valence-corrected chi connectivity index (χ4v) is 1.64. The van der Waals surface area contributed by atoms with E-state index < -0.39 is 29.2 Å². The summed E-state index contributed by atoms with van der Waals surface area (Å²) in [5.41, 5.74) is 4.05. The molecule has 0 aliphatic rings. The number of rotatable bonds is 2. The second-order valence-corrected chi connectivity index (χ2v) is 4.18. The van der Waals surface area contributed by atoms with Crippen molar-refractivity contribution in [1.29, 1.82) is 0 Å². The van der Waals surface area contributed by atoms with Gasteiger partial charge in [-0.3, -0.25) is 0 Å². The van der Waals surface area contributed by atoms with Crippen molar-refractivity contribution < 1.29 is 26.3 Å². The van der Waals surface area contributed by atoms with Gasteiger partial charge in [0, 0.05) is 17.8 Å². The van der Waals surface area contributed by atoms with Gasteiger partial charge in [-0.05, 0) is 18.2 Å². The van der Waals surface area contributed by atoms with Gasteiger partial charge >= 0.3 is 6.18 Å². The zero-order valence-electron chi connectivity index (χ0n) is 10.2. The molecule has 21 heavy (non-hydrogen) atoms. The van der Waals surface area contributed by atoms with Gasteiger partial charge < -0.3 is 11.1 Å². The molecule has 112 valence electrons. The third kappa shape index (κ3) is 3.21. The lowest BCUT2D eigenvalue weighted by molar-refractivity contribution is -0.137. The van der Waals surface area contributed by atoms with Gasteiger partial charge in [-0.15, -0.1) is 0 Å². The van der Waals surface area contributed by atoms with Crippen molar-refractivity contribution in [3.05, 3.63) is 53.3 Å². The van der Waals surface area contributed by atoms with Gasteiger partial charge in [0.05, 0.1) is 16.9 Å². The molecule has 0 aromatic heterocycles. The van der Waals surface area contributed by atoms with Crippen molar-refractivity contribution in [2.24, 2.45) is 0 Å². The molecule has 0 fully saturated rings.